The number of hydrogen-bond acceptors (Lipinski definition) is 6. The van der Waals surface area contributed by atoms with E-state index in [1.807, 2.05) is 60.0 Å². The number of aromatic nitrogens is 3. The Morgan fingerprint density at radius 3 is 2.52 bits per heavy atom. The summed E-state index contributed by atoms with van der Waals surface area (Å²) in [7, 11) is 0. The van der Waals surface area contributed by atoms with E-state index in [2.05, 4.69) is 53.0 Å². The smallest absolute Gasteiger partial charge is 0.223 e. The molecular formula is C31H27ClN6OS. The first kappa shape index (κ1) is 27.4. The molecule has 3 N–H and O–H groups in total. The number of halogens is 1. The minimum atomic E-state index is -0.531. The summed E-state index contributed by atoms with van der Waals surface area (Å²) in [6.07, 6.45) is 0.105. The molecule has 1 atom stereocenters. The molecule has 3 heterocycles. The Labute approximate surface area is 242 Å². The lowest BCUT2D eigenvalue weighted by Crippen LogP contribution is -2.25. The van der Waals surface area contributed by atoms with E-state index in [-0.39, 0.29) is 18.9 Å². The maximum atomic E-state index is 13.1. The zero-order chi connectivity index (χ0) is 28.2. The van der Waals surface area contributed by atoms with Gasteiger partial charge in [0.05, 0.1) is 25.2 Å². The number of nitrogens with one attached hydrogen (secondary N) is 1. The van der Waals surface area contributed by atoms with Crippen LogP contribution in [0.5, 0.6) is 0 Å². The van der Waals surface area contributed by atoms with Gasteiger partial charge >= 0.3 is 0 Å². The van der Waals surface area contributed by atoms with E-state index in [9.17, 15) is 4.79 Å². The van der Waals surface area contributed by atoms with Gasteiger partial charge in [0.2, 0.25) is 5.91 Å². The van der Waals surface area contributed by atoms with Crippen molar-refractivity contribution in [1.29, 1.82) is 0 Å². The van der Waals surface area contributed by atoms with E-state index in [1.165, 1.54) is 4.88 Å². The Morgan fingerprint density at radius 2 is 1.80 bits per heavy atom. The fraction of sp³-hybridized carbons (Fsp3) is 0.226. The number of benzene rings is 2. The van der Waals surface area contributed by atoms with Gasteiger partial charge in [0.25, 0.3) is 0 Å². The second-order valence-corrected chi connectivity index (χ2v) is 10.9. The van der Waals surface area contributed by atoms with Crippen molar-refractivity contribution < 1.29 is 4.79 Å². The summed E-state index contributed by atoms with van der Waals surface area (Å²) in [4.78, 5) is 19.4. The molecule has 5 rings (SSSR count). The molecule has 0 bridgehead atoms. The number of nitrogens with zero attached hydrogens (tertiary/aromatic N) is 4. The third kappa shape index (κ3) is 5.71. The molecule has 1 aliphatic heterocycles. The van der Waals surface area contributed by atoms with Gasteiger partial charge in [0.1, 0.15) is 16.9 Å². The maximum absolute atomic E-state index is 13.1. The monoisotopic (exact) mass is 566 g/mol. The normalized spacial score (nSPS) is 13.5. The number of hydrogen-bond donors (Lipinski definition) is 2. The Morgan fingerprint density at radius 1 is 1.07 bits per heavy atom. The number of rotatable bonds is 4. The molecule has 0 spiro atoms. The van der Waals surface area contributed by atoms with Gasteiger partial charge in [-0.2, -0.15) is 0 Å². The summed E-state index contributed by atoms with van der Waals surface area (Å²) < 4.78 is 2.03. The number of carbonyl (C=O) groups excluding carboxylic acids is 1. The molecule has 40 heavy (non-hydrogen) atoms. The molecule has 2 aromatic carbocycles. The van der Waals surface area contributed by atoms with Gasteiger partial charge in [-0.1, -0.05) is 53.5 Å². The van der Waals surface area contributed by atoms with Crippen molar-refractivity contribution >= 4 is 34.6 Å². The number of aryl methyl sites for hydroxylation is 2. The van der Waals surface area contributed by atoms with E-state index in [0.717, 1.165) is 44.4 Å². The van der Waals surface area contributed by atoms with Crippen LogP contribution < -0.4 is 11.1 Å². The summed E-state index contributed by atoms with van der Waals surface area (Å²) in [5.41, 5.74) is 11.0. The molecule has 9 heteroatoms. The van der Waals surface area contributed by atoms with Crippen LogP contribution in [-0.2, 0) is 4.79 Å². The summed E-state index contributed by atoms with van der Waals surface area (Å²) in [5.74, 6) is 13.1. The summed E-state index contributed by atoms with van der Waals surface area (Å²) in [6, 6.07) is 14.7. The first-order chi connectivity index (χ1) is 19.4. The molecule has 0 saturated heterocycles. The topological polar surface area (TPSA) is 98.2 Å². The van der Waals surface area contributed by atoms with Gasteiger partial charge in [-0.3, -0.25) is 14.4 Å². The van der Waals surface area contributed by atoms with Gasteiger partial charge in [0.15, 0.2) is 5.82 Å². The third-order valence-electron chi connectivity index (χ3n) is 6.54. The summed E-state index contributed by atoms with van der Waals surface area (Å²) in [5, 5.41) is 13.4. The molecule has 0 fully saturated rings. The van der Waals surface area contributed by atoms with Gasteiger partial charge in [0, 0.05) is 32.2 Å². The van der Waals surface area contributed by atoms with Crippen molar-refractivity contribution in [2.45, 2.75) is 33.2 Å². The average molecular weight is 567 g/mol. The number of aliphatic imine (C=N–C) groups is 1. The van der Waals surface area contributed by atoms with E-state index >= 15 is 0 Å². The van der Waals surface area contributed by atoms with Gasteiger partial charge in [-0.15, -0.1) is 21.5 Å². The van der Waals surface area contributed by atoms with Crippen molar-refractivity contribution in [3.05, 3.63) is 97.9 Å². The van der Waals surface area contributed by atoms with Crippen molar-refractivity contribution in [1.82, 2.24) is 20.1 Å². The summed E-state index contributed by atoms with van der Waals surface area (Å²) in [6.45, 7) is 6.62. The third-order valence-corrected chi connectivity index (χ3v) is 7.98. The van der Waals surface area contributed by atoms with Crippen LogP contribution >= 0.6 is 22.9 Å². The predicted octanol–water partition coefficient (Wildman–Crippen LogP) is 4.67. The highest BCUT2D eigenvalue weighted by molar-refractivity contribution is 7.15. The highest BCUT2D eigenvalue weighted by Crippen LogP contribution is 2.39. The summed E-state index contributed by atoms with van der Waals surface area (Å²) >= 11 is 7.86. The van der Waals surface area contributed by atoms with Crippen molar-refractivity contribution in [2.24, 2.45) is 10.7 Å². The van der Waals surface area contributed by atoms with Crippen LogP contribution in [0, 0.1) is 44.5 Å². The lowest BCUT2D eigenvalue weighted by molar-refractivity contribution is -0.121. The van der Waals surface area contributed by atoms with Crippen LogP contribution in [0.15, 0.2) is 53.5 Å². The van der Waals surface area contributed by atoms with Crippen LogP contribution in [0.25, 0.3) is 5.00 Å². The van der Waals surface area contributed by atoms with Crippen LogP contribution in [0.4, 0.5) is 0 Å². The Kier molecular flexibility index (Phi) is 8.14. The first-order valence-corrected chi connectivity index (χ1v) is 14.0. The highest BCUT2D eigenvalue weighted by atomic mass is 35.5. The molecule has 1 aliphatic rings. The highest BCUT2D eigenvalue weighted by Gasteiger charge is 2.32. The predicted molar refractivity (Wildman–Crippen MR) is 160 cm³/mol. The van der Waals surface area contributed by atoms with Gasteiger partial charge in [-0.25, -0.2) is 0 Å². The molecule has 0 aliphatic carbocycles. The minimum Gasteiger partial charge on any atom is -0.345 e. The number of thiophene rings is 1. The minimum absolute atomic E-state index is 0.105. The Hall–Kier alpha value is -4.21. The van der Waals surface area contributed by atoms with Crippen LogP contribution in [0.2, 0.25) is 5.02 Å². The van der Waals surface area contributed by atoms with Gasteiger partial charge in [-0.05, 0) is 56.7 Å². The number of carbonyl (C=O) groups is 1. The zero-order valence-corrected chi connectivity index (χ0v) is 24.0. The number of fused-ring (bicyclic) bond motifs is 3. The van der Waals surface area contributed by atoms with Crippen LogP contribution in [0.3, 0.4) is 0 Å². The van der Waals surface area contributed by atoms with Crippen molar-refractivity contribution in [2.75, 3.05) is 13.1 Å². The second-order valence-electron chi connectivity index (χ2n) is 9.27. The van der Waals surface area contributed by atoms with Gasteiger partial charge < -0.3 is 11.1 Å². The van der Waals surface area contributed by atoms with E-state index in [4.69, 9.17) is 22.3 Å². The quantitative estimate of drug-likeness (QED) is 0.351. The lowest BCUT2D eigenvalue weighted by Gasteiger charge is -2.12. The molecular weight excluding hydrogens is 540 g/mol. The van der Waals surface area contributed by atoms with E-state index < -0.39 is 6.04 Å². The Bertz CT molecular complexity index is 1740. The second kappa shape index (κ2) is 11.9. The molecule has 4 aromatic rings. The maximum Gasteiger partial charge on any atom is 0.223 e. The van der Waals surface area contributed by atoms with Crippen molar-refractivity contribution in [3.63, 3.8) is 0 Å². The van der Waals surface area contributed by atoms with Crippen LogP contribution in [-0.4, -0.2) is 39.5 Å². The van der Waals surface area contributed by atoms with E-state index in [0.29, 0.717) is 17.4 Å². The molecule has 0 saturated carbocycles. The van der Waals surface area contributed by atoms with E-state index in [1.54, 1.807) is 11.3 Å². The SMILES string of the molecule is Cc1sc2c(c1C)C(c1ccc(Cl)cc1)=NC(CC(=O)NCC#Cc1cccc(C#CCN)c1)c1nnc(C)n1-2. The van der Waals surface area contributed by atoms with Crippen LogP contribution in [0.1, 0.15) is 56.8 Å². The number of amides is 1. The molecule has 1 amide bonds. The average Bonchev–Trinajstić information content (AvgIpc) is 3.42. The molecule has 1 unspecified atom stereocenters. The fourth-order valence-electron chi connectivity index (χ4n) is 4.50. The molecule has 0 radical (unpaired) electrons. The molecule has 7 nitrogen and oxygen atoms in total. The molecule has 2 aromatic heterocycles. The standard InChI is InChI=1S/C31H27ClN6OS/c1-19-20(2)40-31-28(19)29(24-11-13-25(32)14-12-24)35-26(30-37-36-21(3)38(30)31)18-27(39)34-16-6-10-23-8-4-7-22(17-23)9-5-15-33/h4,7-8,11-14,17,26H,15-16,18,33H2,1-3H3,(H,34,39). The fourth-order valence-corrected chi connectivity index (χ4v) is 5.84. The largest absolute Gasteiger partial charge is 0.345 e. The lowest BCUT2D eigenvalue weighted by atomic mass is 9.99. The number of nitrogens with two attached hydrogens (primary N) is 1. The zero-order valence-electron chi connectivity index (χ0n) is 22.4. The Balaban J connectivity index is 1.41. The first-order valence-electron chi connectivity index (χ1n) is 12.8. The molecule has 200 valence electrons. The van der Waals surface area contributed by atoms with Crippen molar-refractivity contribution in [3.8, 4) is 28.7 Å².